The highest BCUT2D eigenvalue weighted by Gasteiger charge is 2.31. The number of ether oxygens (including phenoxy) is 1. The maximum atomic E-state index is 11.6. The molecule has 2 aromatic heterocycles. The summed E-state index contributed by atoms with van der Waals surface area (Å²) in [7, 11) is 3.87. The first-order chi connectivity index (χ1) is 21.1. The lowest BCUT2D eigenvalue weighted by Gasteiger charge is -2.18. The number of amides is 2. The van der Waals surface area contributed by atoms with Gasteiger partial charge in [-0.2, -0.15) is 0 Å². The van der Waals surface area contributed by atoms with Crippen LogP contribution in [0, 0.1) is 0 Å². The van der Waals surface area contributed by atoms with Crippen LogP contribution in [0.5, 0.6) is 5.75 Å². The topological polar surface area (TPSA) is 182 Å². The molecule has 1 fully saturated rings. The Balaban J connectivity index is 0.000000292. The Morgan fingerprint density at radius 3 is 1.86 bits per heavy atom. The number of nitrogens with one attached hydrogen (secondary N) is 1. The van der Waals surface area contributed by atoms with Crippen LogP contribution in [0.3, 0.4) is 0 Å². The van der Waals surface area contributed by atoms with E-state index < -0.39 is 11.9 Å². The molecular weight excluding hydrogens is 590 g/mol. The summed E-state index contributed by atoms with van der Waals surface area (Å²) in [4.78, 5) is 54.2. The molecule has 0 bridgehead atoms. The molecule has 0 saturated carbocycles. The number of pyridine rings is 2. The van der Waals surface area contributed by atoms with Crippen molar-refractivity contribution < 1.29 is 39.2 Å². The van der Waals surface area contributed by atoms with Crippen molar-refractivity contribution in [2.24, 2.45) is 0 Å². The van der Waals surface area contributed by atoms with Crippen LogP contribution in [-0.2, 0) is 20.8 Å². The zero-order chi connectivity index (χ0) is 32.3. The van der Waals surface area contributed by atoms with Crippen LogP contribution in [0.4, 0.5) is 16.4 Å². The number of hydrogen-bond donors (Lipinski definition) is 4. The molecule has 2 amide bonds. The molecule has 1 aliphatic heterocycles. The molecule has 1 unspecified atom stereocenters. The highest BCUT2D eigenvalue weighted by molar-refractivity contribution is 8.15. The van der Waals surface area contributed by atoms with Gasteiger partial charge in [-0.1, -0.05) is 36.0 Å². The molecule has 44 heavy (non-hydrogen) atoms. The number of aliphatic hydroxyl groups excluding tert-OH is 1. The fraction of sp³-hybridized carbons (Fsp3) is 0.267. The number of aliphatic carboxylic acids is 2. The van der Waals surface area contributed by atoms with Crippen LogP contribution in [0.15, 0.2) is 85.2 Å². The van der Waals surface area contributed by atoms with Gasteiger partial charge in [0.2, 0.25) is 5.91 Å². The highest BCUT2D eigenvalue weighted by Crippen LogP contribution is 2.24. The van der Waals surface area contributed by atoms with E-state index in [0.29, 0.717) is 31.7 Å². The van der Waals surface area contributed by atoms with Crippen molar-refractivity contribution in [3.63, 3.8) is 0 Å². The molecule has 3 aromatic rings. The third kappa shape index (κ3) is 13.8. The van der Waals surface area contributed by atoms with Crippen molar-refractivity contribution in [2.75, 3.05) is 50.2 Å². The van der Waals surface area contributed by atoms with Gasteiger partial charge >= 0.3 is 11.9 Å². The number of anilines is 2. The Kier molecular flexibility index (Phi) is 15.4. The Bertz CT molecular complexity index is 1340. The maximum Gasteiger partial charge on any atom is 0.328 e. The fourth-order valence-electron chi connectivity index (χ4n) is 3.44. The minimum Gasteiger partial charge on any atom is -0.492 e. The van der Waals surface area contributed by atoms with Gasteiger partial charge in [-0.15, -0.1) is 0 Å². The van der Waals surface area contributed by atoms with Crippen molar-refractivity contribution in [2.45, 2.75) is 11.7 Å². The Morgan fingerprint density at radius 2 is 1.43 bits per heavy atom. The number of aromatic nitrogens is 2. The molecule has 14 heteroatoms. The third-order valence-electron chi connectivity index (χ3n) is 5.69. The van der Waals surface area contributed by atoms with Gasteiger partial charge in [0.25, 0.3) is 5.24 Å². The summed E-state index contributed by atoms with van der Waals surface area (Å²) in [5.41, 5.74) is 1.00. The van der Waals surface area contributed by atoms with Crippen LogP contribution in [0.1, 0.15) is 5.56 Å². The predicted molar refractivity (Wildman–Crippen MR) is 167 cm³/mol. The van der Waals surface area contributed by atoms with Crippen LogP contribution >= 0.6 is 11.8 Å². The number of carboxylic acid groups (broad SMARTS) is 2. The van der Waals surface area contributed by atoms with Crippen molar-refractivity contribution in [1.82, 2.24) is 15.3 Å². The lowest BCUT2D eigenvalue weighted by molar-refractivity contribution is -0.134. The molecule has 1 saturated heterocycles. The molecule has 4 N–H and O–H groups in total. The van der Waals surface area contributed by atoms with E-state index in [1.807, 2.05) is 84.6 Å². The first-order valence-electron chi connectivity index (χ1n) is 13.3. The van der Waals surface area contributed by atoms with Crippen molar-refractivity contribution in [3.05, 3.63) is 90.8 Å². The average Bonchev–Trinajstić information content (AvgIpc) is 3.34. The first kappa shape index (κ1) is 35.2. The van der Waals surface area contributed by atoms with E-state index in [9.17, 15) is 19.2 Å². The lowest BCUT2D eigenvalue weighted by atomic mass is 10.1. The number of thioether (sulfide) groups is 1. The molecule has 1 aromatic carbocycles. The number of rotatable bonds is 12. The van der Waals surface area contributed by atoms with Gasteiger partial charge in [0, 0.05) is 45.2 Å². The summed E-state index contributed by atoms with van der Waals surface area (Å²) < 4.78 is 5.75. The Morgan fingerprint density at radius 1 is 0.886 bits per heavy atom. The van der Waals surface area contributed by atoms with Crippen molar-refractivity contribution >= 4 is 46.5 Å². The lowest BCUT2D eigenvalue weighted by Crippen LogP contribution is -2.25. The number of nitrogens with zero attached hydrogens (tertiary/aromatic N) is 4. The second kappa shape index (κ2) is 19.3. The second-order valence-corrected chi connectivity index (χ2v) is 10.2. The number of hydrogen-bond acceptors (Lipinski definition) is 11. The van der Waals surface area contributed by atoms with E-state index in [0.717, 1.165) is 41.3 Å². The number of aliphatic hydroxyl groups is 1. The molecule has 4 rings (SSSR count). The van der Waals surface area contributed by atoms with Crippen LogP contribution < -0.4 is 19.9 Å². The molecule has 0 spiro atoms. The average molecular weight is 626 g/mol. The van der Waals surface area contributed by atoms with E-state index in [-0.39, 0.29) is 23.0 Å². The van der Waals surface area contributed by atoms with E-state index >= 15 is 0 Å². The largest absolute Gasteiger partial charge is 0.492 e. The van der Waals surface area contributed by atoms with Gasteiger partial charge < -0.3 is 29.9 Å². The molecule has 1 atom stereocenters. The van der Waals surface area contributed by atoms with Crippen LogP contribution in [0.25, 0.3) is 0 Å². The Hall–Kier alpha value is -4.95. The number of likely N-dealkylation sites (N-methyl/N-ethyl adjacent to an activating group) is 2. The second-order valence-electron chi connectivity index (χ2n) is 9.03. The molecule has 0 radical (unpaired) electrons. The van der Waals surface area contributed by atoms with E-state index in [4.69, 9.17) is 20.1 Å². The van der Waals surface area contributed by atoms with Crippen LogP contribution in [0.2, 0.25) is 0 Å². The maximum absolute atomic E-state index is 11.6. The third-order valence-corrected chi connectivity index (χ3v) is 6.67. The van der Waals surface area contributed by atoms with Gasteiger partial charge in [0.15, 0.2) is 0 Å². The fourth-order valence-corrected chi connectivity index (χ4v) is 4.30. The summed E-state index contributed by atoms with van der Waals surface area (Å²) in [6.45, 7) is 2.05. The zero-order valence-corrected chi connectivity index (χ0v) is 25.1. The number of carbonyl (C=O) groups excluding carboxylic acids is 2. The van der Waals surface area contributed by atoms with Gasteiger partial charge in [0.05, 0.1) is 18.4 Å². The van der Waals surface area contributed by atoms with E-state index in [1.165, 1.54) is 0 Å². The standard InChI is InChI=1S/C18H19N3O3S.C8H12N2O.C4H4O4/c1-21(16-4-2-3-9-19-16)10-11-24-14-7-5-13(6-8-14)12-15-17(22)20-18(23)25-15;1-10(6-7-11)8-4-2-3-5-9-8;5-3(6)1-2-4(7)8/h2-9,15H,10-12H2,1H3,(H,20,22,23);2-5,11H,6-7H2,1H3;1-2H,(H,5,6)(H,7,8). The zero-order valence-electron chi connectivity index (χ0n) is 24.3. The highest BCUT2D eigenvalue weighted by atomic mass is 32.2. The van der Waals surface area contributed by atoms with Gasteiger partial charge in [0.1, 0.15) is 24.0 Å². The number of imide groups is 1. The molecule has 13 nitrogen and oxygen atoms in total. The number of carboxylic acids is 2. The van der Waals surface area contributed by atoms with Gasteiger partial charge in [-0.3, -0.25) is 14.9 Å². The predicted octanol–water partition coefficient (Wildman–Crippen LogP) is 2.71. The molecular formula is C30H35N5O8S. The van der Waals surface area contributed by atoms with Crippen molar-refractivity contribution in [3.8, 4) is 5.75 Å². The summed E-state index contributed by atoms with van der Waals surface area (Å²) in [5, 5.41) is 25.9. The molecule has 0 aliphatic carbocycles. The number of benzene rings is 1. The SMILES string of the molecule is CN(CCO)c1ccccn1.CN(CCOc1ccc(CC2SC(=O)NC2=O)cc1)c1ccccn1.O=C(O)C=CC(=O)O. The molecule has 234 valence electrons. The number of carbonyl (C=O) groups is 4. The Labute approximate surface area is 259 Å². The first-order valence-corrected chi connectivity index (χ1v) is 14.2. The van der Waals surface area contributed by atoms with E-state index in [2.05, 4.69) is 15.3 Å². The summed E-state index contributed by atoms with van der Waals surface area (Å²) >= 11 is 1.05. The van der Waals surface area contributed by atoms with Gasteiger partial charge in [-0.05, 0) is 48.4 Å². The summed E-state index contributed by atoms with van der Waals surface area (Å²) in [6, 6.07) is 19.1. The minimum atomic E-state index is -1.26. The van der Waals surface area contributed by atoms with Gasteiger partial charge in [-0.25, -0.2) is 19.6 Å². The quantitative estimate of drug-likeness (QED) is 0.216. The normalized spacial score (nSPS) is 13.6. The summed E-state index contributed by atoms with van der Waals surface area (Å²) in [5.74, 6) is -0.157. The van der Waals surface area contributed by atoms with Crippen LogP contribution in [-0.4, -0.2) is 94.0 Å². The minimum absolute atomic E-state index is 0.160. The molecule has 1 aliphatic rings. The molecule has 3 heterocycles. The summed E-state index contributed by atoms with van der Waals surface area (Å²) in [6.07, 6.45) is 5.15. The monoisotopic (exact) mass is 625 g/mol. The van der Waals surface area contributed by atoms with Crippen molar-refractivity contribution in [1.29, 1.82) is 0 Å². The van der Waals surface area contributed by atoms with E-state index in [1.54, 1.807) is 12.4 Å². The smallest absolute Gasteiger partial charge is 0.328 e.